The van der Waals surface area contributed by atoms with Crippen LogP contribution in [0.4, 0.5) is 5.69 Å². The molecule has 0 saturated carbocycles. The van der Waals surface area contributed by atoms with E-state index in [-0.39, 0.29) is 10.6 Å². The first kappa shape index (κ1) is 18.0. The maximum atomic E-state index is 13.0. The fourth-order valence-electron chi connectivity index (χ4n) is 2.00. The van der Waals surface area contributed by atoms with Crippen LogP contribution in [0.2, 0.25) is 0 Å². The van der Waals surface area contributed by atoms with Gasteiger partial charge in [-0.3, -0.25) is 4.31 Å². The average Bonchev–Trinajstić information content (AvgIpc) is 2.49. The van der Waals surface area contributed by atoms with Crippen LogP contribution >= 0.6 is 31.9 Å². The molecule has 0 aliphatic heterocycles. The van der Waals surface area contributed by atoms with E-state index in [9.17, 15) is 18.3 Å². The molecule has 2 aromatic carbocycles. The molecule has 2 rings (SSSR count). The fourth-order valence-corrected chi connectivity index (χ4v) is 4.49. The van der Waals surface area contributed by atoms with Gasteiger partial charge in [0.25, 0.3) is 10.0 Å². The molecular weight excluding hydrogens is 450 g/mol. The molecule has 5 nitrogen and oxygen atoms in total. The molecule has 0 saturated heterocycles. The van der Waals surface area contributed by atoms with Crippen LogP contribution in [0.15, 0.2) is 62.4 Å². The molecule has 1 atom stereocenters. The molecule has 0 heterocycles. The zero-order valence-corrected chi connectivity index (χ0v) is 16.0. The number of hydrogen-bond acceptors (Lipinski definition) is 3. The lowest BCUT2D eigenvalue weighted by atomic mass is 10.2. The number of benzene rings is 2. The van der Waals surface area contributed by atoms with Crippen LogP contribution in [-0.4, -0.2) is 25.5 Å². The Bertz CT molecular complexity index is 822. The van der Waals surface area contributed by atoms with Gasteiger partial charge in [-0.2, -0.15) is 0 Å². The number of rotatable bonds is 5. The Hall–Kier alpha value is -1.38. The van der Waals surface area contributed by atoms with Crippen LogP contribution in [0.1, 0.15) is 6.92 Å². The summed E-state index contributed by atoms with van der Waals surface area (Å²) in [6.07, 6.45) is 0. The second kappa shape index (κ2) is 7.02. The van der Waals surface area contributed by atoms with E-state index >= 15 is 0 Å². The molecule has 0 spiro atoms. The van der Waals surface area contributed by atoms with Gasteiger partial charge >= 0.3 is 5.97 Å². The molecule has 0 amide bonds. The van der Waals surface area contributed by atoms with Gasteiger partial charge in [0.05, 0.1) is 10.6 Å². The van der Waals surface area contributed by atoms with Crippen molar-refractivity contribution in [1.82, 2.24) is 0 Å². The van der Waals surface area contributed by atoms with Crippen LogP contribution < -0.4 is 4.31 Å². The van der Waals surface area contributed by atoms with Crippen molar-refractivity contribution in [2.75, 3.05) is 4.31 Å². The number of halogens is 2. The Labute approximate surface area is 151 Å². The molecule has 0 aliphatic rings. The van der Waals surface area contributed by atoms with Gasteiger partial charge in [-0.25, -0.2) is 13.2 Å². The third-order valence-electron chi connectivity index (χ3n) is 3.17. The number of nitrogens with zero attached hydrogens (tertiary/aromatic N) is 1. The van der Waals surface area contributed by atoms with E-state index in [2.05, 4.69) is 31.9 Å². The van der Waals surface area contributed by atoms with Crippen molar-refractivity contribution in [3.63, 3.8) is 0 Å². The van der Waals surface area contributed by atoms with E-state index in [1.54, 1.807) is 36.4 Å². The zero-order valence-electron chi connectivity index (χ0n) is 12.0. The minimum Gasteiger partial charge on any atom is -0.480 e. The molecule has 0 fully saturated rings. The van der Waals surface area contributed by atoms with Crippen molar-refractivity contribution in [1.29, 1.82) is 0 Å². The molecule has 0 aromatic heterocycles. The Kier molecular flexibility index (Phi) is 5.49. The van der Waals surface area contributed by atoms with Gasteiger partial charge in [-0.05, 0) is 59.3 Å². The van der Waals surface area contributed by atoms with Crippen LogP contribution in [-0.2, 0) is 14.8 Å². The van der Waals surface area contributed by atoms with Gasteiger partial charge in [0.2, 0.25) is 0 Å². The molecule has 1 N–H and O–H groups in total. The summed E-state index contributed by atoms with van der Waals surface area (Å²) in [6, 6.07) is 11.4. The molecular formula is C15H13Br2NO4S. The lowest BCUT2D eigenvalue weighted by Gasteiger charge is -2.28. The molecule has 8 heteroatoms. The van der Waals surface area contributed by atoms with Crippen molar-refractivity contribution >= 4 is 53.5 Å². The largest absolute Gasteiger partial charge is 0.480 e. The highest BCUT2D eigenvalue weighted by Crippen LogP contribution is 2.32. The van der Waals surface area contributed by atoms with Crippen molar-refractivity contribution in [3.05, 3.63) is 57.5 Å². The molecule has 0 bridgehead atoms. The lowest BCUT2D eigenvalue weighted by molar-refractivity contribution is -0.137. The van der Waals surface area contributed by atoms with Crippen LogP contribution in [0.5, 0.6) is 0 Å². The predicted octanol–water partition coefficient (Wildman–Crippen LogP) is 3.88. The summed E-state index contributed by atoms with van der Waals surface area (Å²) in [5.41, 5.74) is 0.269. The number of para-hydroxylation sites is 1. The van der Waals surface area contributed by atoms with Crippen molar-refractivity contribution in [2.24, 2.45) is 0 Å². The third kappa shape index (κ3) is 3.76. The van der Waals surface area contributed by atoms with E-state index in [0.717, 1.165) is 8.78 Å². The number of anilines is 1. The van der Waals surface area contributed by atoms with E-state index in [1.165, 1.54) is 19.1 Å². The maximum absolute atomic E-state index is 13.0. The van der Waals surface area contributed by atoms with Crippen LogP contribution in [0.3, 0.4) is 0 Å². The lowest BCUT2D eigenvalue weighted by Crippen LogP contribution is -2.43. The second-order valence-electron chi connectivity index (χ2n) is 4.72. The highest BCUT2D eigenvalue weighted by Gasteiger charge is 2.34. The van der Waals surface area contributed by atoms with Gasteiger partial charge in [0.1, 0.15) is 6.04 Å². The number of carboxylic acid groups (broad SMARTS) is 1. The summed E-state index contributed by atoms with van der Waals surface area (Å²) in [5.74, 6) is -1.23. The predicted molar refractivity (Wildman–Crippen MR) is 95.0 cm³/mol. The standard InChI is InChI=1S/C15H13Br2NO4S/c1-10(15(19)20)18(14-5-3-2-4-13(14)17)23(21,22)12-8-6-11(16)7-9-12/h2-10H,1H3,(H,19,20). The first-order valence-corrected chi connectivity index (χ1v) is 9.55. The quantitative estimate of drug-likeness (QED) is 0.731. The molecule has 0 radical (unpaired) electrons. The van der Waals surface area contributed by atoms with Crippen molar-refractivity contribution in [2.45, 2.75) is 17.9 Å². The minimum absolute atomic E-state index is 0.0181. The number of carbonyl (C=O) groups is 1. The Balaban J connectivity index is 2.64. The zero-order chi connectivity index (χ0) is 17.2. The van der Waals surface area contributed by atoms with Gasteiger partial charge < -0.3 is 5.11 Å². The van der Waals surface area contributed by atoms with E-state index in [1.807, 2.05) is 0 Å². The van der Waals surface area contributed by atoms with E-state index in [4.69, 9.17) is 0 Å². The van der Waals surface area contributed by atoms with Crippen LogP contribution in [0.25, 0.3) is 0 Å². The van der Waals surface area contributed by atoms with Gasteiger partial charge in [-0.1, -0.05) is 28.1 Å². The highest BCUT2D eigenvalue weighted by atomic mass is 79.9. The minimum atomic E-state index is -4.04. The smallest absolute Gasteiger partial charge is 0.327 e. The molecule has 1 unspecified atom stereocenters. The Morgan fingerprint density at radius 1 is 1.09 bits per heavy atom. The van der Waals surface area contributed by atoms with Crippen molar-refractivity contribution < 1.29 is 18.3 Å². The number of carboxylic acids is 1. The Morgan fingerprint density at radius 3 is 2.17 bits per heavy atom. The summed E-state index contributed by atoms with van der Waals surface area (Å²) in [5, 5.41) is 9.33. The summed E-state index contributed by atoms with van der Waals surface area (Å²) in [7, 11) is -4.04. The second-order valence-corrected chi connectivity index (χ2v) is 8.31. The molecule has 2 aromatic rings. The highest BCUT2D eigenvalue weighted by molar-refractivity contribution is 9.10. The van der Waals surface area contributed by atoms with E-state index in [0.29, 0.717) is 4.47 Å². The van der Waals surface area contributed by atoms with E-state index < -0.39 is 22.0 Å². The summed E-state index contributed by atoms with van der Waals surface area (Å²) >= 11 is 6.53. The first-order valence-electron chi connectivity index (χ1n) is 6.52. The SMILES string of the molecule is CC(C(=O)O)N(c1ccccc1Br)S(=O)(=O)c1ccc(Br)cc1. The summed E-state index contributed by atoms with van der Waals surface area (Å²) in [6.45, 7) is 1.33. The molecule has 23 heavy (non-hydrogen) atoms. The van der Waals surface area contributed by atoms with Crippen molar-refractivity contribution in [3.8, 4) is 0 Å². The molecule has 0 aliphatic carbocycles. The number of hydrogen-bond donors (Lipinski definition) is 1. The maximum Gasteiger partial charge on any atom is 0.327 e. The normalized spacial score (nSPS) is 12.7. The van der Waals surface area contributed by atoms with Gasteiger partial charge in [0.15, 0.2) is 0 Å². The summed E-state index contributed by atoms with van der Waals surface area (Å²) < 4.78 is 28.1. The summed E-state index contributed by atoms with van der Waals surface area (Å²) in [4.78, 5) is 11.4. The number of sulfonamides is 1. The first-order chi connectivity index (χ1) is 10.7. The number of aliphatic carboxylic acids is 1. The van der Waals surface area contributed by atoms with Gasteiger partial charge in [-0.15, -0.1) is 0 Å². The van der Waals surface area contributed by atoms with Crippen LogP contribution in [0, 0.1) is 0 Å². The van der Waals surface area contributed by atoms with Gasteiger partial charge in [0, 0.05) is 8.95 Å². The monoisotopic (exact) mass is 461 g/mol. The molecule has 122 valence electrons. The fraction of sp³-hybridized carbons (Fsp3) is 0.133. The average molecular weight is 463 g/mol. The third-order valence-corrected chi connectivity index (χ3v) is 6.27. The Morgan fingerprint density at radius 2 is 1.65 bits per heavy atom. The topological polar surface area (TPSA) is 74.7 Å².